The average molecular weight is 283 g/mol. The van der Waals surface area contributed by atoms with Gasteiger partial charge in [-0.05, 0) is 38.1 Å². The predicted molar refractivity (Wildman–Crippen MR) is 64.2 cm³/mol. The van der Waals surface area contributed by atoms with E-state index in [9.17, 15) is 9.59 Å². The fourth-order valence-corrected chi connectivity index (χ4v) is 1.96. The lowest BCUT2D eigenvalue weighted by atomic mass is 10.0. The minimum atomic E-state index is -0.842. The maximum atomic E-state index is 11.7. The SMILES string of the molecule is CC1(C)C(=O)NC(=O)N1c1ccc(Br)cc1. The van der Waals surface area contributed by atoms with Crippen molar-refractivity contribution in [2.45, 2.75) is 19.4 Å². The van der Waals surface area contributed by atoms with Crippen LogP contribution in [-0.4, -0.2) is 17.5 Å². The van der Waals surface area contributed by atoms with Gasteiger partial charge in [-0.3, -0.25) is 15.0 Å². The summed E-state index contributed by atoms with van der Waals surface area (Å²) in [5, 5.41) is 2.31. The molecule has 1 aliphatic heterocycles. The molecule has 1 saturated heterocycles. The van der Waals surface area contributed by atoms with Crippen molar-refractivity contribution < 1.29 is 9.59 Å². The van der Waals surface area contributed by atoms with Crippen LogP contribution >= 0.6 is 15.9 Å². The van der Waals surface area contributed by atoms with Gasteiger partial charge in [0.1, 0.15) is 5.54 Å². The van der Waals surface area contributed by atoms with Crippen LogP contribution in [-0.2, 0) is 4.79 Å². The number of carbonyl (C=O) groups excluding carboxylic acids is 2. The molecule has 16 heavy (non-hydrogen) atoms. The highest BCUT2D eigenvalue weighted by Gasteiger charge is 2.46. The molecule has 0 spiro atoms. The summed E-state index contributed by atoms with van der Waals surface area (Å²) >= 11 is 3.32. The van der Waals surface area contributed by atoms with Crippen molar-refractivity contribution in [3.8, 4) is 0 Å². The highest BCUT2D eigenvalue weighted by Crippen LogP contribution is 2.29. The molecule has 3 amide bonds. The molecule has 5 heteroatoms. The van der Waals surface area contributed by atoms with Crippen LogP contribution in [0.4, 0.5) is 10.5 Å². The van der Waals surface area contributed by atoms with Gasteiger partial charge < -0.3 is 0 Å². The van der Waals surface area contributed by atoms with Gasteiger partial charge in [-0.25, -0.2) is 4.79 Å². The number of nitrogens with zero attached hydrogens (tertiary/aromatic N) is 1. The van der Waals surface area contributed by atoms with E-state index in [0.717, 1.165) is 4.47 Å². The first-order valence-corrected chi connectivity index (χ1v) is 5.63. The number of nitrogens with one attached hydrogen (secondary N) is 1. The minimum absolute atomic E-state index is 0.277. The van der Waals surface area contributed by atoms with Crippen molar-refractivity contribution >= 4 is 33.6 Å². The van der Waals surface area contributed by atoms with Crippen molar-refractivity contribution in [1.82, 2.24) is 5.32 Å². The number of urea groups is 1. The second kappa shape index (κ2) is 3.59. The molecule has 0 aromatic heterocycles. The Bertz CT molecular complexity index is 454. The van der Waals surface area contributed by atoms with E-state index in [1.165, 1.54) is 4.90 Å². The zero-order valence-electron chi connectivity index (χ0n) is 8.95. The fourth-order valence-electron chi connectivity index (χ4n) is 1.69. The summed E-state index contributed by atoms with van der Waals surface area (Å²) in [4.78, 5) is 24.7. The van der Waals surface area contributed by atoms with Crippen LogP contribution in [0.3, 0.4) is 0 Å². The van der Waals surface area contributed by atoms with Gasteiger partial charge in [0.05, 0.1) is 0 Å². The Morgan fingerprint density at radius 3 is 2.19 bits per heavy atom. The zero-order chi connectivity index (χ0) is 11.9. The molecule has 1 N–H and O–H groups in total. The summed E-state index contributed by atoms with van der Waals surface area (Å²) in [5.74, 6) is -0.277. The van der Waals surface area contributed by atoms with Crippen molar-refractivity contribution in [1.29, 1.82) is 0 Å². The van der Waals surface area contributed by atoms with E-state index in [1.807, 2.05) is 12.1 Å². The van der Waals surface area contributed by atoms with Crippen LogP contribution in [0.5, 0.6) is 0 Å². The third kappa shape index (κ3) is 1.61. The van der Waals surface area contributed by atoms with E-state index in [1.54, 1.807) is 26.0 Å². The molecule has 1 fully saturated rings. The summed E-state index contributed by atoms with van der Waals surface area (Å²) < 4.78 is 0.931. The van der Waals surface area contributed by atoms with Gasteiger partial charge in [0.2, 0.25) is 0 Å². The van der Waals surface area contributed by atoms with E-state index in [-0.39, 0.29) is 11.9 Å². The maximum absolute atomic E-state index is 11.7. The Hall–Kier alpha value is -1.36. The number of imide groups is 1. The van der Waals surface area contributed by atoms with Gasteiger partial charge in [0, 0.05) is 10.2 Å². The fraction of sp³-hybridized carbons (Fsp3) is 0.273. The number of benzene rings is 1. The van der Waals surface area contributed by atoms with Gasteiger partial charge in [0.15, 0.2) is 0 Å². The third-order valence-corrected chi connectivity index (χ3v) is 3.15. The van der Waals surface area contributed by atoms with Crippen molar-refractivity contribution in [2.24, 2.45) is 0 Å². The molecule has 2 rings (SSSR count). The van der Waals surface area contributed by atoms with Crippen LogP contribution in [0.15, 0.2) is 28.7 Å². The van der Waals surface area contributed by atoms with Gasteiger partial charge in [-0.2, -0.15) is 0 Å². The van der Waals surface area contributed by atoms with Crippen molar-refractivity contribution in [3.05, 3.63) is 28.7 Å². The first kappa shape index (κ1) is 11.1. The Balaban J connectivity index is 2.44. The quantitative estimate of drug-likeness (QED) is 0.804. The highest BCUT2D eigenvalue weighted by atomic mass is 79.9. The van der Waals surface area contributed by atoms with Crippen LogP contribution in [0.25, 0.3) is 0 Å². The molecule has 1 aromatic carbocycles. The van der Waals surface area contributed by atoms with Crippen LogP contribution < -0.4 is 10.2 Å². The molecule has 1 heterocycles. The topological polar surface area (TPSA) is 49.4 Å². The number of amides is 3. The van der Waals surface area contributed by atoms with Crippen LogP contribution in [0, 0.1) is 0 Å². The third-order valence-electron chi connectivity index (χ3n) is 2.62. The number of hydrogen-bond donors (Lipinski definition) is 1. The van der Waals surface area contributed by atoms with Gasteiger partial charge in [-0.15, -0.1) is 0 Å². The molecular weight excluding hydrogens is 272 g/mol. The molecular formula is C11H11BrN2O2. The molecule has 0 aliphatic carbocycles. The average Bonchev–Trinajstić information content (AvgIpc) is 2.39. The lowest BCUT2D eigenvalue weighted by Gasteiger charge is -2.27. The monoisotopic (exact) mass is 282 g/mol. The summed E-state index contributed by atoms with van der Waals surface area (Å²) in [5.41, 5.74) is -0.137. The molecule has 1 aromatic rings. The number of rotatable bonds is 1. The number of hydrogen-bond acceptors (Lipinski definition) is 2. The van der Waals surface area contributed by atoms with Gasteiger partial charge in [-0.1, -0.05) is 15.9 Å². The lowest BCUT2D eigenvalue weighted by Crippen LogP contribution is -2.44. The Kier molecular flexibility index (Phi) is 2.50. The molecule has 84 valence electrons. The molecule has 0 unspecified atom stereocenters. The first-order valence-electron chi connectivity index (χ1n) is 4.84. The van der Waals surface area contributed by atoms with E-state index < -0.39 is 5.54 Å². The molecule has 4 nitrogen and oxygen atoms in total. The predicted octanol–water partition coefficient (Wildman–Crippen LogP) is 2.28. The smallest absolute Gasteiger partial charge is 0.279 e. The van der Waals surface area contributed by atoms with E-state index in [2.05, 4.69) is 21.2 Å². The maximum Gasteiger partial charge on any atom is 0.329 e. The van der Waals surface area contributed by atoms with Crippen LogP contribution in [0.1, 0.15) is 13.8 Å². The molecule has 0 saturated carbocycles. The molecule has 1 aliphatic rings. The number of anilines is 1. The summed E-state index contributed by atoms with van der Waals surface area (Å²) in [6, 6.07) is 6.88. The zero-order valence-corrected chi connectivity index (χ0v) is 10.5. The summed E-state index contributed by atoms with van der Waals surface area (Å²) in [6.45, 7) is 3.44. The summed E-state index contributed by atoms with van der Waals surface area (Å²) in [7, 11) is 0. The van der Waals surface area contributed by atoms with E-state index in [0.29, 0.717) is 5.69 Å². The normalized spacial score (nSPS) is 18.8. The molecule has 0 radical (unpaired) electrons. The standard InChI is InChI=1S/C11H11BrN2O2/c1-11(2)9(15)13-10(16)14(11)8-5-3-7(12)4-6-8/h3-6H,1-2H3,(H,13,15,16). The Labute approximate surface area is 102 Å². The number of carbonyl (C=O) groups is 2. The van der Waals surface area contributed by atoms with E-state index in [4.69, 9.17) is 0 Å². The van der Waals surface area contributed by atoms with Crippen LogP contribution in [0.2, 0.25) is 0 Å². The largest absolute Gasteiger partial charge is 0.329 e. The minimum Gasteiger partial charge on any atom is -0.279 e. The first-order chi connectivity index (χ1) is 7.43. The van der Waals surface area contributed by atoms with Gasteiger partial charge in [0.25, 0.3) is 5.91 Å². The van der Waals surface area contributed by atoms with Crippen molar-refractivity contribution in [3.63, 3.8) is 0 Å². The Morgan fingerprint density at radius 1 is 1.19 bits per heavy atom. The summed E-state index contributed by atoms with van der Waals surface area (Å²) in [6.07, 6.45) is 0. The highest BCUT2D eigenvalue weighted by molar-refractivity contribution is 9.10. The second-order valence-corrected chi connectivity index (χ2v) is 5.05. The van der Waals surface area contributed by atoms with E-state index >= 15 is 0 Å². The van der Waals surface area contributed by atoms with Gasteiger partial charge >= 0.3 is 6.03 Å². The number of halogens is 1. The van der Waals surface area contributed by atoms with Crippen molar-refractivity contribution in [2.75, 3.05) is 4.90 Å². The lowest BCUT2D eigenvalue weighted by molar-refractivity contribution is -0.122. The second-order valence-electron chi connectivity index (χ2n) is 4.13. The molecule has 0 atom stereocenters. The Morgan fingerprint density at radius 2 is 1.75 bits per heavy atom. The molecule has 0 bridgehead atoms.